The highest BCUT2D eigenvalue weighted by molar-refractivity contribution is 7.70. The lowest BCUT2D eigenvalue weighted by molar-refractivity contribution is 0.312. The Morgan fingerprint density at radius 1 is 0.972 bits per heavy atom. The van der Waals surface area contributed by atoms with Crippen LogP contribution >= 0.6 is 7.14 Å². The number of para-hydroxylation sites is 1. The van der Waals surface area contributed by atoms with E-state index in [-0.39, 0.29) is 0 Å². The molecule has 2 aromatic carbocycles. The molecule has 0 saturated carbocycles. The Morgan fingerprint density at radius 3 is 2.50 bits per heavy atom. The van der Waals surface area contributed by atoms with Crippen LogP contribution < -0.4 is 25.6 Å². The molecule has 1 fully saturated rings. The number of ether oxygens (including phenoxy) is 1. The van der Waals surface area contributed by atoms with Gasteiger partial charge in [-0.25, -0.2) is 4.98 Å². The van der Waals surface area contributed by atoms with Gasteiger partial charge in [0, 0.05) is 49.4 Å². The summed E-state index contributed by atoms with van der Waals surface area (Å²) in [7, 11) is 1.33. The number of hydrogen-bond donors (Lipinski definition) is 3. The van der Waals surface area contributed by atoms with Crippen molar-refractivity contribution in [3.63, 3.8) is 0 Å². The first-order valence-electron chi connectivity index (χ1n) is 12.0. The molecule has 0 atom stereocenters. The van der Waals surface area contributed by atoms with Crippen molar-refractivity contribution in [2.45, 2.75) is 0 Å². The first-order valence-corrected chi connectivity index (χ1v) is 14.6. The minimum Gasteiger partial charge on any atom is -0.494 e. The number of nitrogens with zero attached hydrogens (tertiary/aromatic N) is 4. The number of hydrogen-bond acceptors (Lipinski definition) is 8. The number of H-pyrrole nitrogens is 1. The average Bonchev–Trinajstić information content (AvgIpc) is 3.34. The predicted octanol–water partition coefficient (Wildman–Crippen LogP) is 4.45. The molecule has 3 N–H and O–H groups in total. The Hall–Kier alpha value is -3.55. The van der Waals surface area contributed by atoms with E-state index in [2.05, 4.69) is 49.6 Å². The highest BCUT2D eigenvalue weighted by Crippen LogP contribution is 2.39. The summed E-state index contributed by atoms with van der Waals surface area (Å²) < 4.78 is 18.6. The quantitative estimate of drug-likeness (QED) is 0.317. The van der Waals surface area contributed by atoms with Gasteiger partial charge in [-0.05, 0) is 50.7 Å². The molecule has 2 aromatic heterocycles. The largest absolute Gasteiger partial charge is 0.494 e. The van der Waals surface area contributed by atoms with Crippen molar-refractivity contribution in [3.8, 4) is 5.75 Å². The Labute approximate surface area is 211 Å². The lowest BCUT2D eigenvalue weighted by Crippen LogP contribution is -2.44. The zero-order valence-electron chi connectivity index (χ0n) is 21.1. The zero-order chi connectivity index (χ0) is 25.3. The highest BCUT2D eigenvalue weighted by Gasteiger charge is 2.19. The number of rotatable bonds is 7. The topological polar surface area (TPSA) is 98.4 Å². The van der Waals surface area contributed by atoms with Crippen LogP contribution in [0, 0.1) is 0 Å². The molecule has 10 heteroatoms. The third-order valence-electron chi connectivity index (χ3n) is 6.44. The van der Waals surface area contributed by atoms with Gasteiger partial charge in [0.25, 0.3) is 0 Å². The fourth-order valence-corrected chi connectivity index (χ4v) is 5.59. The number of fused-ring (bicyclic) bond motifs is 1. The first kappa shape index (κ1) is 24.2. The molecule has 0 spiro atoms. The van der Waals surface area contributed by atoms with Crippen molar-refractivity contribution in [2.75, 3.05) is 69.2 Å². The van der Waals surface area contributed by atoms with E-state index in [0.29, 0.717) is 11.8 Å². The molecular formula is C26H32N7O2P. The number of methoxy groups -OCH3 is 1. The van der Waals surface area contributed by atoms with Crippen molar-refractivity contribution in [2.24, 2.45) is 0 Å². The molecule has 0 amide bonds. The van der Waals surface area contributed by atoms with E-state index in [1.807, 2.05) is 42.6 Å². The van der Waals surface area contributed by atoms with Crippen molar-refractivity contribution in [1.82, 2.24) is 19.9 Å². The minimum absolute atomic E-state index is 0.434. The second-order valence-electron chi connectivity index (χ2n) is 9.43. The van der Waals surface area contributed by atoms with E-state index in [1.165, 1.54) is 0 Å². The fraction of sp³-hybridized carbons (Fsp3) is 0.308. The summed E-state index contributed by atoms with van der Waals surface area (Å²) in [4.78, 5) is 17.4. The van der Waals surface area contributed by atoms with Crippen LogP contribution in [-0.2, 0) is 4.57 Å². The van der Waals surface area contributed by atoms with Gasteiger partial charge in [0.15, 0.2) is 5.82 Å². The van der Waals surface area contributed by atoms with E-state index in [4.69, 9.17) is 9.72 Å². The summed E-state index contributed by atoms with van der Waals surface area (Å²) in [5.74, 6) is 1.76. The molecule has 9 nitrogen and oxygen atoms in total. The summed E-state index contributed by atoms with van der Waals surface area (Å²) in [6, 6.07) is 15.7. The highest BCUT2D eigenvalue weighted by atomic mass is 31.2. The Bertz CT molecular complexity index is 1420. The molecule has 0 unspecified atom stereocenters. The molecule has 1 aliphatic rings. The molecule has 36 heavy (non-hydrogen) atoms. The third kappa shape index (κ3) is 5.03. The van der Waals surface area contributed by atoms with Crippen LogP contribution in [0.15, 0.2) is 54.7 Å². The van der Waals surface area contributed by atoms with E-state index in [0.717, 1.165) is 65.3 Å². The van der Waals surface area contributed by atoms with Crippen molar-refractivity contribution < 1.29 is 9.30 Å². The summed E-state index contributed by atoms with van der Waals surface area (Å²) >= 11 is 0. The molecule has 1 saturated heterocycles. The van der Waals surface area contributed by atoms with Gasteiger partial charge in [-0.2, -0.15) is 4.98 Å². The van der Waals surface area contributed by atoms with Crippen LogP contribution in [-0.4, -0.2) is 73.5 Å². The van der Waals surface area contributed by atoms with Gasteiger partial charge in [0.1, 0.15) is 18.4 Å². The van der Waals surface area contributed by atoms with E-state index in [1.54, 1.807) is 20.4 Å². The Kier molecular flexibility index (Phi) is 6.60. The predicted molar refractivity (Wildman–Crippen MR) is 149 cm³/mol. The number of likely N-dealkylation sites (N-methyl/N-ethyl adjacent to an activating group) is 1. The molecule has 188 valence electrons. The maximum absolute atomic E-state index is 12.9. The van der Waals surface area contributed by atoms with E-state index in [9.17, 15) is 4.57 Å². The van der Waals surface area contributed by atoms with Crippen LogP contribution in [0.2, 0.25) is 0 Å². The molecule has 0 aliphatic carbocycles. The number of aromatic nitrogens is 3. The summed E-state index contributed by atoms with van der Waals surface area (Å²) in [5, 5.41) is 7.49. The molecule has 1 aliphatic heterocycles. The lowest BCUT2D eigenvalue weighted by Gasteiger charge is -2.34. The van der Waals surface area contributed by atoms with Gasteiger partial charge in [-0.15, -0.1) is 0 Å². The summed E-state index contributed by atoms with van der Waals surface area (Å²) in [6.07, 6.45) is 1.83. The van der Waals surface area contributed by atoms with Crippen molar-refractivity contribution in [3.05, 3.63) is 54.7 Å². The maximum atomic E-state index is 12.9. The number of nitrogens with one attached hydrogen (secondary N) is 3. The Balaban J connectivity index is 1.45. The molecule has 0 radical (unpaired) electrons. The third-order valence-corrected chi connectivity index (χ3v) is 7.99. The summed E-state index contributed by atoms with van der Waals surface area (Å²) in [5.41, 5.74) is 4.21. The lowest BCUT2D eigenvalue weighted by atomic mass is 10.2. The SMILES string of the molecule is COc1cc(N2CCN(C)CC2)ccc1Nc1nc(Nc2ccccc2P(C)(C)=O)c2[nH]ccc2n1. The van der Waals surface area contributed by atoms with Crippen LogP contribution in [0.1, 0.15) is 0 Å². The van der Waals surface area contributed by atoms with Gasteiger partial charge in [-0.1, -0.05) is 12.1 Å². The van der Waals surface area contributed by atoms with Gasteiger partial charge >= 0.3 is 0 Å². The first-order chi connectivity index (χ1) is 17.3. The normalized spacial score (nSPS) is 14.7. The van der Waals surface area contributed by atoms with Gasteiger partial charge < -0.3 is 34.7 Å². The number of aromatic amines is 1. The number of anilines is 5. The average molecular weight is 506 g/mol. The van der Waals surface area contributed by atoms with Crippen molar-refractivity contribution >= 4 is 52.3 Å². The van der Waals surface area contributed by atoms with E-state index >= 15 is 0 Å². The van der Waals surface area contributed by atoms with Gasteiger partial charge in [0.05, 0.1) is 24.0 Å². The van der Waals surface area contributed by atoms with Crippen LogP contribution in [0.25, 0.3) is 11.0 Å². The second-order valence-corrected chi connectivity index (χ2v) is 12.6. The fourth-order valence-electron chi connectivity index (χ4n) is 4.43. The van der Waals surface area contributed by atoms with Crippen LogP contribution in [0.4, 0.5) is 28.8 Å². The van der Waals surface area contributed by atoms with Crippen LogP contribution in [0.3, 0.4) is 0 Å². The minimum atomic E-state index is -2.49. The summed E-state index contributed by atoms with van der Waals surface area (Å²) in [6.45, 7) is 7.58. The molecule has 3 heterocycles. The molecule has 5 rings (SSSR count). The Morgan fingerprint density at radius 2 is 1.75 bits per heavy atom. The molecule has 4 aromatic rings. The number of benzene rings is 2. The van der Waals surface area contributed by atoms with Gasteiger partial charge in [-0.3, -0.25) is 0 Å². The molecular weight excluding hydrogens is 473 g/mol. The van der Waals surface area contributed by atoms with E-state index < -0.39 is 7.14 Å². The van der Waals surface area contributed by atoms with Crippen LogP contribution in [0.5, 0.6) is 5.75 Å². The smallest absolute Gasteiger partial charge is 0.229 e. The van der Waals surface area contributed by atoms with Gasteiger partial charge in [0.2, 0.25) is 5.95 Å². The monoisotopic (exact) mass is 505 g/mol. The van der Waals surface area contributed by atoms with Crippen molar-refractivity contribution in [1.29, 1.82) is 0 Å². The molecule has 0 bridgehead atoms. The second kappa shape index (κ2) is 9.84. The zero-order valence-corrected chi connectivity index (χ0v) is 22.0. The maximum Gasteiger partial charge on any atom is 0.229 e. The number of piperazine rings is 1. The standard InChI is InChI=1S/C26H32N7O2P/c1-32-13-15-33(16-14-32)18-9-10-19(22(17-18)35-2)29-26-30-21-11-12-27-24(21)25(31-26)28-20-7-5-6-8-23(20)36(3,4)34/h5-12,17,27H,13-16H2,1-4H3,(H2,28,29,30,31).